The molecular formula is C20H10ClF6. The summed E-state index contributed by atoms with van der Waals surface area (Å²) in [6, 6.07) is 14.6. The average molecular weight is 400 g/mol. The van der Waals surface area contributed by atoms with Gasteiger partial charge in [0.2, 0.25) is 0 Å². The minimum absolute atomic E-state index is 0.102. The van der Waals surface area contributed by atoms with Crippen LogP contribution in [0.3, 0.4) is 0 Å². The molecule has 1 radical (unpaired) electrons. The molecule has 0 heterocycles. The molecule has 0 aromatic heterocycles. The standard InChI is InChI=1S/C20H10ClF6/c21-17-6-2-5-16(13-3-1-4-15(11-13)20(25,26)27)18(17)12-7-9-14(10-8-12)19(22,23)24/h1-5,7-11H. The Hall–Kier alpha value is -2.47. The van der Waals surface area contributed by atoms with Gasteiger partial charge in [0.25, 0.3) is 0 Å². The first-order chi connectivity index (χ1) is 12.6. The normalized spacial score (nSPS) is 12.3. The molecule has 3 aromatic rings. The summed E-state index contributed by atoms with van der Waals surface area (Å²) in [7, 11) is 0. The number of hydrogen-bond donors (Lipinski definition) is 0. The van der Waals surface area contributed by atoms with Crippen LogP contribution < -0.4 is 0 Å². The zero-order chi connectivity index (χ0) is 19.8. The van der Waals surface area contributed by atoms with E-state index >= 15 is 0 Å². The first-order valence-electron chi connectivity index (χ1n) is 7.63. The zero-order valence-corrected chi connectivity index (χ0v) is 14.2. The van der Waals surface area contributed by atoms with Gasteiger partial charge in [-0.3, -0.25) is 0 Å². The molecule has 0 aliphatic carbocycles. The highest BCUT2D eigenvalue weighted by Crippen LogP contribution is 2.40. The second-order valence-electron chi connectivity index (χ2n) is 5.73. The average Bonchev–Trinajstić information content (AvgIpc) is 2.60. The van der Waals surface area contributed by atoms with Crippen molar-refractivity contribution in [2.45, 2.75) is 12.4 Å². The fourth-order valence-electron chi connectivity index (χ4n) is 2.68. The molecule has 3 rings (SSSR count). The molecule has 7 heteroatoms. The van der Waals surface area contributed by atoms with Crippen molar-refractivity contribution in [3.05, 3.63) is 82.9 Å². The van der Waals surface area contributed by atoms with Gasteiger partial charge in [0, 0.05) is 11.6 Å². The molecule has 0 nitrogen and oxygen atoms in total. The Morgan fingerprint density at radius 3 is 1.93 bits per heavy atom. The molecule has 0 aliphatic heterocycles. The molecule has 0 N–H and O–H groups in total. The molecule has 139 valence electrons. The lowest BCUT2D eigenvalue weighted by molar-refractivity contribution is -0.138. The summed E-state index contributed by atoms with van der Waals surface area (Å²) in [5.74, 6) is 0. The highest BCUT2D eigenvalue weighted by molar-refractivity contribution is 6.34. The Balaban J connectivity index is 2.14. The van der Waals surface area contributed by atoms with E-state index in [0.29, 0.717) is 16.7 Å². The minimum Gasteiger partial charge on any atom is -0.166 e. The summed E-state index contributed by atoms with van der Waals surface area (Å²) in [5.41, 5.74) is -0.394. The van der Waals surface area contributed by atoms with Gasteiger partial charge in [-0.1, -0.05) is 48.0 Å². The van der Waals surface area contributed by atoms with E-state index in [1.807, 2.05) is 0 Å². The van der Waals surface area contributed by atoms with Crippen LogP contribution in [0, 0.1) is 6.07 Å². The van der Waals surface area contributed by atoms with Gasteiger partial charge < -0.3 is 0 Å². The van der Waals surface area contributed by atoms with Gasteiger partial charge in [-0.05, 0) is 41.0 Å². The Morgan fingerprint density at radius 1 is 0.704 bits per heavy atom. The number of alkyl halides is 6. The van der Waals surface area contributed by atoms with Crippen molar-refractivity contribution in [2.75, 3.05) is 0 Å². The van der Waals surface area contributed by atoms with Gasteiger partial charge in [-0.25, -0.2) is 0 Å². The molecule has 27 heavy (non-hydrogen) atoms. The van der Waals surface area contributed by atoms with Gasteiger partial charge in [0.05, 0.1) is 16.1 Å². The van der Waals surface area contributed by atoms with Crippen LogP contribution in [0.5, 0.6) is 0 Å². The highest BCUT2D eigenvalue weighted by atomic mass is 35.5. The van der Waals surface area contributed by atoms with Crippen LogP contribution in [0.1, 0.15) is 11.1 Å². The van der Waals surface area contributed by atoms with Gasteiger partial charge in [-0.15, -0.1) is 0 Å². The molecule has 0 unspecified atom stereocenters. The minimum atomic E-state index is -4.52. The van der Waals surface area contributed by atoms with Gasteiger partial charge in [0.1, 0.15) is 0 Å². The van der Waals surface area contributed by atoms with Crippen LogP contribution in [0.2, 0.25) is 5.02 Å². The van der Waals surface area contributed by atoms with Crippen molar-refractivity contribution in [3.63, 3.8) is 0 Å². The van der Waals surface area contributed by atoms with E-state index in [-0.39, 0.29) is 10.6 Å². The lowest BCUT2D eigenvalue weighted by Crippen LogP contribution is -2.05. The fourth-order valence-corrected chi connectivity index (χ4v) is 2.96. The Morgan fingerprint density at radius 2 is 1.33 bits per heavy atom. The first kappa shape index (κ1) is 19.3. The molecule has 0 saturated heterocycles. The van der Waals surface area contributed by atoms with Crippen LogP contribution in [0.4, 0.5) is 26.3 Å². The summed E-state index contributed by atoms with van der Waals surface area (Å²) in [4.78, 5) is 0. The molecule has 0 saturated carbocycles. The molecule has 3 aromatic carbocycles. The van der Waals surface area contributed by atoms with E-state index in [4.69, 9.17) is 11.6 Å². The zero-order valence-electron chi connectivity index (χ0n) is 13.4. The highest BCUT2D eigenvalue weighted by Gasteiger charge is 2.31. The number of rotatable bonds is 2. The van der Waals surface area contributed by atoms with E-state index < -0.39 is 23.5 Å². The third kappa shape index (κ3) is 4.11. The number of halogens is 7. The monoisotopic (exact) mass is 399 g/mol. The predicted molar refractivity (Wildman–Crippen MR) is 91.2 cm³/mol. The molecule has 0 fully saturated rings. The summed E-state index contributed by atoms with van der Waals surface area (Å²) in [5, 5.41) is 0.102. The maximum atomic E-state index is 13.0. The van der Waals surface area contributed by atoms with Crippen LogP contribution in [-0.2, 0) is 12.4 Å². The maximum Gasteiger partial charge on any atom is 0.416 e. The topological polar surface area (TPSA) is 0 Å². The van der Waals surface area contributed by atoms with Crippen LogP contribution >= 0.6 is 11.6 Å². The largest absolute Gasteiger partial charge is 0.416 e. The summed E-state index contributed by atoms with van der Waals surface area (Å²) < 4.78 is 77.3. The van der Waals surface area contributed by atoms with Crippen molar-refractivity contribution in [1.82, 2.24) is 0 Å². The first-order valence-corrected chi connectivity index (χ1v) is 8.00. The summed E-state index contributed by atoms with van der Waals surface area (Å²) >= 11 is 6.17. The fraction of sp³-hybridized carbons (Fsp3) is 0.100. The van der Waals surface area contributed by atoms with Crippen molar-refractivity contribution in [2.24, 2.45) is 0 Å². The van der Waals surface area contributed by atoms with Gasteiger partial charge in [-0.2, -0.15) is 26.3 Å². The smallest absolute Gasteiger partial charge is 0.166 e. The SMILES string of the molecule is FC(F)(F)c1ccc(-c2c(Cl)[c]ccc2-c2cccc(C(F)(F)F)c2)cc1. The molecule has 0 atom stereocenters. The molecule has 0 spiro atoms. The van der Waals surface area contributed by atoms with Gasteiger partial charge >= 0.3 is 12.4 Å². The van der Waals surface area contributed by atoms with E-state index in [1.165, 1.54) is 36.4 Å². The van der Waals surface area contributed by atoms with Gasteiger partial charge in [0.15, 0.2) is 0 Å². The second kappa shape index (κ2) is 6.93. The molecular weight excluding hydrogens is 390 g/mol. The van der Waals surface area contributed by atoms with Crippen LogP contribution in [0.15, 0.2) is 60.7 Å². The van der Waals surface area contributed by atoms with Crippen molar-refractivity contribution in [1.29, 1.82) is 0 Å². The van der Waals surface area contributed by atoms with Crippen molar-refractivity contribution < 1.29 is 26.3 Å². The predicted octanol–water partition coefficient (Wildman–Crippen LogP) is 7.51. The Labute approximate surface area is 156 Å². The summed E-state index contributed by atoms with van der Waals surface area (Å²) in [6.45, 7) is 0. The Kier molecular flexibility index (Phi) is 4.95. The molecule has 0 amide bonds. The quantitative estimate of drug-likeness (QED) is 0.391. The van der Waals surface area contributed by atoms with Crippen molar-refractivity contribution in [3.8, 4) is 22.3 Å². The molecule has 0 aliphatic rings. The van der Waals surface area contributed by atoms with E-state index in [2.05, 4.69) is 6.07 Å². The Bertz CT molecular complexity index is 955. The van der Waals surface area contributed by atoms with Crippen LogP contribution in [-0.4, -0.2) is 0 Å². The lowest BCUT2D eigenvalue weighted by Gasteiger charge is -2.15. The lowest BCUT2D eigenvalue weighted by atomic mass is 9.93. The van der Waals surface area contributed by atoms with Crippen molar-refractivity contribution >= 4 is 11.6 Å². The number of benzene rings is 3. The maximum absolute atomic E-state index is 13.0. The third-order valence-electron chi connectivity index (χ3n) is 3.95. The van der Waals surface area contributed by atoms with Crippen LogP contribution in [0.25, 0.3) is 22.3 Å². The number of hydrogen-bond acceptors (Lipinski definition) is 0. The van der Waals surface area contributed by atoms with E-state index in [9.17, 15) is 26.3 Å². The third-order valence-corrected chi connectivity index (χ3v) is 4.25. The summed E-state index contributed by atoms with van der Waals surface area (Å²) in [6.07, 6.45) is -9.01. The second-order valence-corrected chi connectivity index (χ2v) is 6.11. The van der Waals surface area contributed by atoms with E-state index in [1.54, 1.807) is 0 Å². The van der Waals surface area contributed by atoms with E-state index in [0.717, 1.165) is 24.3 Å². The molecule has 0 bridgehead atoms.